The Kier molecular flexibility index (Phi) is 5.52. The van der Waals surface area contributed by atoms with E-state index >= 15 is 0 Å². The number of amides is 2. The van der Waals surface area contributed by atoms with Crippen LogP contribution in [-0.2, 0) is 9.59 Å². The number of halogens is 1. The molecule has 6 nitrogen and oxygen atoms in total. The molecule has 1 aliphatic heterocycles. The summed E-state index contributed by atoms with van der Waals surface area (Å²) in [6.45, 7) is 7.37. The molecule has 3 rings (SSSR count). The SMILES string of the molecule is CCOc1ccccc1NC(=O)C(C)N1C(=O)C(C)(C)Oc2ccc(Cl)cc21. The molecule has 0 fully saturated rings. The van der Waals surface area contributed by atoms with Gasteiger partial charge < -0.3 is 14.8 Å². The molecule has 0 saturated heterocycles. The number of hydrogen-bond donors (Lipinski definition) is 1. The number of anilines is 2. The summed E-state index contributed by atoms with van der Waals surface area (Å²) in [5.74, 6) is 0.415. The van der Waals surface area contributed by atoms with Crippen molar-refractivity contribution in [2.24, 2.45) is 0 Å². The number of nitrogens with one attached hydrogen (secondary N) is 1. The molecule has 2 amide bonds. The van der Waals surface area contributed by atoms with Crippen LogP contribution in [-0.4, -0.2) is 30.1 Å². The molecule has 0 spiro atoms. The van der Waals surface area contributed by atoms with Gasteiger partial charge in [0, 0.05) is 5.02 Å². The fraction of sp³-hybridized carbons (Fsp3) is 0.333. The van der Waals surface area contributed by atoms with Crippen molar-refractivity contribution >= 4 is 34.8 Å². The highest BCUT2D eigenvalue weighted by molar-refractivity contribution is 6.31. The molecule has 28 heavy (non-hydrogen) atoms. The molecule has 0 bridgehead atoms. The maximum absolute atomic E-state index is 13.0. The highest BCUT2D eigenvalue weighted by atomic mass is 35.5. The lowest BCUT2D eigenvalue weighted by Crippen LogP contribution is -2.57. The summed E-state index contributed by atoms with van der Waals surface area (Å²) in [5.41, 5.74) is -0.0800. The van der Waals surface area contributed by atoms with Crippen LogP contribution in [0, 0.1) is 0 Å². The Morgan fingerprint density at radius 1 is 1.29 bits per heavy atom. The van der Waals surface area contributed by atoms with E-state index in [1.807, 2.05) is 13.0 Å². The third kappa shape index (κ3) is 3.78. The first-order chi connectivity index (χ1) is 13.2. The number of rotatable bonds is 5. The fourth-order valence-electron chi connectivity index (χ4n) is 3.07. The Balaban J connectivity index is 1.93. The molecular weight excluding hydrogens is 380 g/mol. The second-order valence-corrected chi connectivity index (χ2v) is 7.43. The van der Waals surface area contributed by atoms with Crippen molar-refractivity contribution in [2.75, 3.05) is 16.8 Å². The molecule has 148 valence electrons. The predicted molar refractivity (Wildman–Crippen MR) is 109 cm³/mol. The van der Waals surface area contributed by atoms with Gasteiger partial charge in [-0.2, -0.15) is 0 Å². The van der Waals surface area contributed by atoms with Gasteiger partial charge in [-0.15, -0.1) is 0 Å². The molecule has 0 radical (unpaired) electrons. The standard InChI is InChI=1S/C21H23ClN2O4/c1-5-27-17-9-7-6-8-15(17)23-19(25)13(2)24-16-12-14(22)10-11-18(16)28-21(3,4)20(24)26/h6-13H,5H2,1-4H3,(H,23,25). The van der Waals surface area contributed by atoms with E-state index in [9.17, 15) is 9.59 Å². The fourth-order valence-corrected chi connectivity index (χ4v) is 3.24. The molecule has 1 N–H and O–H groups in total. The first-order valence-corrected chi connectivity index (χ1v) is 9.47. The number of hydrogen-bond acceptors (Lipinski definition) is 4. The van der Waals surface area contributed by atoms with Crippen LogP contribution in [0.5, 0.6) is 11.5 Å². The molecule has 1 unspecified atom stereocenters. The van der Waals surface area contributed by atoms with E-state index in [-0.39, 0.29) is 11.8 Å². The van der Waals surface area contributed by atoms with Gasteiger partial charge >= 0.3 is 0 Å². The minimum atomic E-state index is -1.10. The third-order valence-corrected chi connectivity index (χ3v) is 4.73. The van der Waals surface area contributed by atoms with Gasteiger partial charge in [-0.3, -0.25) is 14.5 Å². The molecule has 2 aromatic carbocycles. The van der Waals surface area contributed by atoms with Crippen LogP contribution in [0.1, 0.15) is 27.7 Å². The van der Waals surface area contributed by atoms with Crippen molar-refractivity contribution in [3.8, 4) is 11.5 Å². The summed E-state index contributed by atoms with van der Waals surface area (Å²) in [7, 11) is 0. The normalized spacial score (nSPS) is 16.0. The zero-order valence-corrected chi connectivity index (χ0v) is 17.0. The first kappa shape index (κ1) is 20.0. The molecule has 7 heteroatoms. The number of carbonyl (C=O) groups excluding carboxylic acids is 2. The molecule has 0 saturated carbocycles. The van der Waals surface area contributed by atoms with Gasteiger partial charge in [0.1, 0.15) is 17.5 Å². The van der Waals surface area contributed by atoms with E-state index in [1.165, 1.54) is 4.90 Å². The number of para-hydroxylation sites is 2. The number of carbonyl (C=O) groups is 2. The van der Waals surface area contributed by atoms with E-state index < -0.39 is 11.6 Å². The van der Waals surface area contributed by atoms with E-state index in [1.54, 1.807) is 57.2 Å². The van der Waals surface area contributed by atoms with Crippen LogP contribution in [0.25, 0.3) is 0 Å². The second-order valence-electron chi connectivity index (χ2n) is 6.99. The molecule has 0 aliphatic carbocycles. The van der Waals surface area contributed by atoms with Gasteiger partial charge in [-0.1, -0.05) is 23.7 Å². The Hall–Kier alpha value is -2.73. The predicted octanol–water partition coefficient (Wildman–Crippen LogP) is 4.27. The average molecular weight is 403 g/mol. The van der Waals surface area contributed by atoms with Crippen molar-refractivity contribution in [3.63, 3.8) is 0 Å². The summed E-state index contributed by atoms with van der Waals surface area (Å²) in [6, 6.07) is 11.4. The minimum absolute atomic E-state index is 0.317. The Bertz CT molecular complexity index is 913. The minimum Gasteiger partial charge on any atom is -0.492 e. The summed E-state index contributed by atoms with van der Waals surface area (Å²) in [5, 5.41) is 3.31. The lowest BCUT2D eigenvalue weighted by atomic mass is 10.0. The topological polar surface area (TPSA) is 67.9 Å². The summed E-state index contributed by atoms with van der Waals surface area (Å²) in [4.78, 5) is 27.5. The molecule has 0 aromatic heterocycles. The summed E-state index contributed by atoms with van der Waals surface area (Å²) >= 11 is 6.12. The van der Waals surface area contributed by atoms with Crippen molar-refractivity contribution in [1.82, 2.24) is 0 Å². The smallest absolute Gasteiger partial charge is 0.271 e. The van der Waals surface area contributed by atoms with Crippen LogP contribution in [0.15, 0.2) is 42.5 Å². The van der Waals surface area contributed by atoms with Gasteiger partial charge in [0.25, 0.3) is 5.91 Å². The Morgan fingerprint density at radius 3 is 2.71 bits per heavy atom. The Morgan fingerprint density at radius 2 is 2.00 bits per heavy atom. The maximum atomic E-state index is 13.0. The third-order valence-electron chi connectivity index (χ3n) is 4.49. The van der Waals surface area contributed by atoms with Crippen molar-refractivity contribution < 1.29 is 19.1 Å². The lowest BCUT2D eigenvalue weighted by Gasteiger charge is -2.41. The maximum Gasteiger partial charge on any atom is 0.271 e. The van der Waals surface area contributed by atoms with E-state index in [4.69, 9.17) is 21.1 Å². The van der Waals surface area contributed by atoms with E-state index in [0.717, 1.165) is 0 Å². The van der Waals surface area contributed by atoms with Gasteiger partial charge in [-0.05, 0) is 58.0 Å². The first-order valence-electron chi connectivity index (χ1n) is 9.09. The highest BCUT2D eigenvalue weighted by Gasteiger charge is 2.44. The van der Waals surface area contributed by atoms with Crippen LogP contribution in [0.4, 0.5) is 11.4 Å². The van der Waals surface area contributed by atoms with Crippen LogP contribution in [0.3, 0.4) is 0 Å². The highest BCUT2D eigenvalue weighted by Crippen LogP contribution is 2.40. The summed E-state index contributed by atoms with van der Waals surface area (Å²) in [6.07, 6.45) is 0. The van der Waals surface area contributed by atoms with Crippen LogP contribution >= 0.6 is 11.6 Å². The molecular formula is C21H23ClN2O4. The van der Waals surface area contributed by atoms with Crippen LogP contribution in [0.2, 0.25) is 5.02 Å². The molecule has 1 atom stereocenters. The van der Waals surface area contributed by atoms with E-state index in [2.05, 4.69) is 5.32 Å². The van der Waals surface area contributed by atoms with Crippen molar-refractivity contribution in [1.29, 1.82) is 0 Å². The number of fused-ring (bicyclic) bond motifs is 1. The number of ether oxygens (including phenoxy) is 2. The van der Waals surface area contributed by atoms with Gasteiger partial charge in [0.05, 0.1) is 18.0 Å². The number of benzene rings is 2. The zero-order valence-electron chi connectivity index (χ0n) is 16.3. The monoisotopic (exact) mass is 402 g/mol. The molecule has 1 heterocycles. The van der Waals surface area contributed by atoms with Crippen molar-refractivity contribution in [3.05, 3.63) is 47.5 Å². The van der Waals surface area contributed by atoms with Crippen LogP contribution < -0.4 is 19.7 Å². The summed E-state index contributed by atoms with van der Waals surface area (Å²) < 4.78 is 11.4. The van der Waals surface area contributed by atoms with Gasteiger partial charge in [0.15, 0.2) is 5.60 Å². The Labute approximate surface area is 169 Å². The molecule has 1 aliphatic rings. The average Bonchev–Trinajstić information content (AvgIpc) is 2.64. The zero-order chi connectivity index (χ0) is 20.5. The number of nitrogens with zero attached hydrogens (tertiary/aromatic N) is 1. The molecule has 2 aromatic rings. The lowest BCUT2D eigenvalue weighted by molar-refractivity contribution is -0.134. The second kappa shape index (κ2) is 7.72. The van der Waals surface area contributed by atoms with E-state index in [0.29, 0.717) is 34.5 Å². The van der Waals surface area contributed by atoms with Crippen molar-refractivity contribution in [2.45, 2.75) is 39.3 Å². The van der Waals surface area contributed by atoms with Gasteiger partial charge in [-0.25, -0.2) is 0 Å². The quantitative estimate of drug-likeness (QED) is 0.810. The largest absolute Gasteiger partial charge is 0.492 e. The van der Waals surface area contributed by atoms with Gasteiger partial charge in [0.2, 0.25) is 5.91 Å².